The Morgan fingerprint density at radius 2 is 1.79 bits per heavy atom. The molecule has 0 aliphatic carbocycles. The van der Waals surface area contributed by atoms with E-state index < -0.39 is 0 Å². The molecule has 2 aromatic carbocycles. The van der Waals surface area contributed by atoms with E-state index >= 15 is 0 Å². The van der Waals surface area contributed by atoms with Crippen molar-refractivity contribution in [3.63, 3.8) is 0 Å². The van der Waals surface area contributed by atoms with E-state index in [9.17, 15) is 9.59 Å². The van der Waals surface area contributed by atoms with Gasteiger partial charge in [0.05, 0.1) is 11.8 Å². The third-order valence-electron chi connectivity index (χ3n) is 5.08. The number of carbonyl (C=O) groups excluding carboxylic acids is 2. The SMILES string of the molecule is C=CCn1c(SCC(=O)Nc2ccc(C)cc2)nnc1C(CC(C)C)NC(=O)c1ccccc1. The first kappa shape index (κ1) is 25.2. The summed E-state index contributed by atoms with van der Waals surface area (Å²) >= 11 is 1.31. The molecule has 1 unspecified atom stereocenters. The minimum atomic E-state index is -0.323. The van der Waals surface area contributed by atoms with Crippen LogP contribution in [0.15, 0.2) is 72.4 Å². The third-order valence-corrected chi connectivity index (χ3v) is 6.05. The lowest BCUT2D eigenvalue weighted by Crippen LogP contribution is -2.31. The molecule has 34 heavy (non-hydrogen) atoms. The molecule has 0 saturated carbocycles. The molecule has 3 aromatic rings. The number of benzene rings is 2. The molecule has 2 N–H and O–H groups in total. The second kappa shape index (κ2) is 12.2. The van der Waals surface area contributed by atoms with Crippen molar-refractivity contribution in [2.24, 2.45) is 5.92 Å². The van der Waals surface area contributed by atoms with Gasteiger partial charge in [-0.25, -0.2) is 0 Å². The van der Waals surface area contributed by atoms with E-state index in [0.29, 0.717) is 35.4 Å². The van der Waals surface area contributed by atoms with Crippen molar-refractivity contribution in [3.05, 3.63) is 84.2 Å². The smallest absolute Gasteiger partial charge is 0.251 e. The maximum absolute atomic E-state index is 12.8. The summed E-state index contributed by atoms with van der Waals surface area (Å²) in [6.07, 6.45) is 2.46. The molecule has 1 heterocycles. The lowest BCUT2D eigenvalue weighted by molar-refractivity contribution is -0.113. The fourth-order valence-corrected chi connectivity index (χ4v) is 4.22. The van der Waals surface area contributed by atoms with Crippen LogP contribution in [0.5, 0.6) is 0 Å². The molecule has 1 aromatic heterocycles. The van der Waals surface area contributed by atoms with Gasteiger partial charge in [0.1, 0.15) is 0 Å². The van der Waals surface area contributed by atoms with Crippen molar-refractivity contribution in [1.29, 1.82) is 0 Å². The number of anilines is 1. The maximum Gasteiger partial charge on any atom is 0.251 e. The summed E-state index contributed by atoms with van der Waals surface area (Å²) in [4.78, 5) is 25.3. The van der Waals surface area contributed by atoms with Crippen LogP contribution in [0.25, 0.3) is 0 Å². The Morgan fingerprint density at radius 3 is 2.44 bits per heavy atom. The largest absolute Gasteiger partial charge is 0.342 e. The van der Waals surface area contributed by atoms with E-state index in [1.165, 1.54) is 11.8 Å². The number of nitrogens with one attached hydrogen (secondary N) is 2. The van der Waals surface area contributed by atoms with Crippen LogP contribution < -0.4 is 10.6 Å². The zero-order chi connectivity index (χ0) is 24.5. The number of rotatable bonds is 11. The van der Waals surface area contributed by atoms with Crippen molar-refractivity contribution in [2.75, 3.05) is 11.1 Å². The predicted octanol–water partition coefficient (Wildman–Crippen LogP) is 5.02. The summed E-state index contributed by atoms with van der Waals surface area (Å²) in [5.74, 6) is 0.880. The van der Waals surface area contributed by atoms with Crippen LogP contribution >= 0.6 is 11.8 Å². The quantitative estimate of drug-likeness (QED) is 0.299. The standard InChI is InChI=1S/C26H31N5O2S/c1-5-15-31-24(22(16-18(2)3)28-25(33)20-9-7-6-8-10-20)29-30-26(31)34-17-23(32)27-21-13-11-19(4)12-14-21/h5-14,18,22H,1,15-17H2,2-4H3,(H,27,32)(H,28,33). The number of hydrogen-bond donors (Lipinski definition) is 2. The average molecular weight is 478 g/mol. The van der Waals surface area contributed by atoms with Crippen LogP contribution in [-0.4, -0.2) is 32.3 Å². The summed E-state index contributed by atoms with van der Waals surface area (Å²) in [5.41, 5.74) is 2.48. The molecule has 0 aliphatic heterocycles. The van der Waals surface area contributed by atoms with Gasteiger partial charge in [0, 0.05) is 17.8 Å². The molecule has 7 nitrogen and oxygen atoms in total. The number of amides is 2. The van der Waals surface area contributed by atoms with Crippen molar-refractivity contribution in [3.8, 4) is 0 Å². The molecule has 2 amide bonds. The van der Waals surface area contributed by atoms with Gasteiger partial charge in [0.2, 0.25) is 5.91 Å². The molecule has 1 atom stereocenters. The van der Waals surface area contributed by atoms with Gasteiger partial charge >= 0.3 is 0 Å². The summed E-state index contributed by atoms with van der Waals surface area (Å²) < 4.78 is 1.91. The van der Waals surface area contributed by atoms with Crippen molar-refractivity contribution < 1.29 is 9.59 Å². The van der Waals surface area contributed by atoms with Crippen LogP contribution in [0.2, 0.25) is 0 Å². The van der Waals surface area contributed by atoms with Gasteiger partial charge in [-0.05, 0) is 43.5 Å². The summed E-state index contributed by atoms with van der Waals surface area (Å²) in [6, 6.07) is 16.4. The van der Waals surface area contributed by atoms with Crippen molar-refractivity contribution in [2.45, 2.75) is 44.9 Å². The van der Waals surface area contributed by atoms with E-state index in [1.807, 2.05) is 54.0 Å². The van der Waals surface area contributed by atoms with Crippen LogP contribution in [0.3, 0.4) is 0 Å². The highest BCUT2D eigenvalue weighted by atomic mass is 32.2. The minimum Gasteiger partial charge on any atom is -0.342 e. The molecule has 0 aliphatic rings. The fraction of sp³-hybridized carbons (Fsp3) is 0.308. The Balaban J connectivity index is 1.75. The van der Waals surface area contributed by atoms with Gasteiger partial charge in [0.15, 0.2) is 11.0 Å². The summed E-state index contributed by atoms with van der Waals surface area (Å²) in [5, 5.41) is 15.3. The van der Waals surface area contributed by atoms with Gasteiger partial charge in [-0.1, -0.05) is 67.6 Å². The number of allylic oxidation sites excluding steroid dienone is 1. The molecule has 3 rings (SSSR count). The first-order valence-electron chi connectivity index (χ1n) is 11.3. The predicted molar refractivity (Wildman–Crippen MR) is 137 cm³/mol. The summed E-state index contributed by atoms with van der Waals surface area (Å²) in [7, 11) is 0. The molecule has 8 heteroatoms. The van der Waals surface area contributed by atoms with Crippen LogP contribution in [-0.2, 0) is 11.3 Å². The fourth-order valence-electron chi connectivity index (χ4n) is 3.46. The highest BCUT2D eigenvalue weighted by Crippen LogP contribution is 2.25. The van der Waals surface area contributed by atoms with Crippen LogP contribution in [0, 0.1) is 12.8 Å². The molecule has 0 fully saturated rings. The monoisotopic (exact) mass is 477 g/mol. The summed E-state index contributed by atoms with van der Waals surface area (Å²) in [6.45, 7) is 10.5. The normalized spacial score (nSPS) is 11.8. The van der Waals surface area contributed by atoms with Crippen LogP contribution in [0.4, 0.5) is 5.69 Å². The van der Waals surface area contributed by atoms with E-state index in [4.69, 9.17) is 0 Å². The number of nitrogens with zero attached hydrogens (tertiary/aromatic N) is 3. The molecular formula is C26H31N5O2S. The van der Waals surface area contributed by atoms with Gasteiger partial charge in [-0.15, -0.1) is 16.8 Å². The number of hydrogen-bond acceptors (Lipinski definition) is 5. The second-order valence-corrected chi connectivity index (χ2v) is 9.41. The Hall–Kier alpha value is -3.39. The number of thioether (sulfide) groups is 1. The van der Waals surface area contributed by atoms with Crippen molar-refractivity contribution in [1.82, 2.24) is 20.1 Å². The zero-order valence-corrected chi connectivity index (χ0v) is 20.6. The van der Waals surface area contributed by atoms with Gasteiger partial charge in [-0.3, -0.25) is 9.59 Å². The van der Waals surface area contributed by atoms with E-state index in [-0.39, 0.29) is 23.6 Å². The van der Waals surface area contributed by atoms with Gasteiger partial charge < -0.3 is 15.2 Å². The van der Waals surface area contributed by atoms with Crippen LogP contribution in [0.1, 0.15) is 48.1 Å². The molecule has 0 radical (unpaired) electrons. The second-order valence-electron chi connectivity index (χ2n) is 8.46. The first-order valence-corrected chi connectivity index (χ1v) is 12.2. The molecule has 178 valence electrons. The highest BCUT2D eigenvalue weighted by Gasteiger charge is 2.24. The maximum atomic E-state index is 12.8. The van der Waals surface area contributed by atoms with Gasteiger partial charge in [-0.2, -0.15) is 0 Å². The minimum absolute atomic E-state index is 0.125. The topological polar surface area (TPSA) is 88.9 Å². The Kier molecular flexibility index (Phi) is 9.04. The Bertz CT molecular complexity index is 1110. The average Bonchev–Trinajstić information content (AvgIpc) is 3.22. The van der Waals surface area contributed by atoms with Gasteiger partial charge in [0.25, 0.3) is 5.91 Å². The zero-order valence-electron chi connectivity index (χ0n) is 19.8. The molecule has 0 bridgehead atoms. The van der Waals surface area contributed by atoms with Crippen molar-refractivity contribution >= 4 is 29.3 Å². The molecular weight excluding hydrogens is 446 g/mol. The first-order chi connectivity index (χ1) is 16.4. The lowest BCUT2D eigenvalue weighted by atomic mass is 10.0. The highest BCUT2D eigenvalue weighted by molar-refractivity contribution is 7.99. The number of aromatic nitrogens is 3. The number of aryl methyl sites for hydroxylation is 1. The van der Waals surface area contributed by atoms with E-state index in [1.54, 1.807) is 18.2 Å². The Morgan fingerprint density at radius 1 is 1.09 bits per heavy atom. The molecule has 0 spiro atoms. The van der Waals surface area contributed by atoms with E-state index in [2.05, 4.69) is 41.3 Å². The number of carbonyl (C=O) groups is 2. The third kappa shape index (κ3) is 7.05. The van der Waals surface area contributed by atoms with E-state index in [0.717, 1.165) is 11.3 Å². The Labute approximate surface area is 205 Å². The lowest BCUT2D eigenvalue weighted by Gasteiger charge is -2.21. The molecule has 0 saturated heterocycles.